The van der Waals surface area contributed by atoms with Crippen LogP contribution in [0.2, 0.25) is 0 Å². The zero-order valence-electron chi connectivity index (χ0n) is 15.3. The molecule has 6 nitrogen and oxygen atoms in total. The van der Waals surface area contributed by atoms with Crippen molar-refractivity contribution in [1.29, 1.82) is 0 Å². The van der Waals surface area contributed by atoms with Gasteiger partial charge in [-0.15, -0.1) is 0 Å². The van der Waals surface area contributed by atoms with Crippen LogP contribution in [0.25, 0.3) is 0 Å². The van der Waals surface area contributed by atoms with Crippen molar-refractivity contribution in [2.24, 2.45) is 0 Å². The van der Waals surface area contributed by atoms with Crippen LogP contribution >= 0.6 is 27.3 Å². The molecule has 1 aromatic carbocycles. The largest absolute Gasteiger partial charge is 0.493 e. The Balaban J connectivity index is 1.68. The second-order valence-corrected chi connectivity index (χ2v) is 7.40. The summed E-state index contributed by atoms with van der Waals surface area (Å²) < 4.78 is 11.5. The maximum absolute atomic E-state index is 11.9. The molecule has 0 aliphatic rings. The molecule has 1 heterocycles. The Kier molecular flexibility index (Phi) is 8.60. The molecule has 2 N–H and O–H groups in total. The van der Waals surface area contributed by atoms with Crippen LogP contribution in [0.3, 0.4) is 0 Å². The number of halogens is 1. The summed E-state index contributed by atoms with van der Waals surface area (Å²) in [7, 11) is 3.18. The number of ether oxygens (including phenoxy) is 2. The smallest absolute Gasteiger partial charge is 0.252 e. The van der Waals surface area contributed by atoms with Gasteiger partial charge in [-0.1, -0.05) is 15.9 Å². The van der Waals surface area contributed by atoms with Crippen molar-refractivity contribution in [2.75, 3.05) is 27.3 Å². The molecule has 146 valence electrons. The first-order chi connectivity index (χ1) is 13.0. The van der Waals surface area contributed by atoms with Crippen LogP contribution in [0.4, 0.5) is 0 Å². The molecule has 0 saturated carbocycles. The summed E-state index contributed by atoms with van der Waals surface area (Å²) in [6, 6.07) is 5.53. The Labute approximate surface area is 171 Å². The predicted octanol–water partition coefficient (Wildman–Crippen LogP) is 3.40. The maximum Gasteiger partial charge on any atom is 0.252 e. The molecular formula is C19H23BrN2O4S. The number of carbonyl (C=O) groups is 2. The van der Waals surface area contributed by atoms with Crippen LogP contribution in [-0.2, 0) is 11.2 Å². The third-order valence-corrected chi connectivity index (χ3v) is 5.34. The fraction of sp³-hybridized carbons (Fsp3) is 0.368. The molecule has 0 unspecified atom stereocenters. The molecule has 27 heavy (non-hydrogen) atoms. The van der Waals surface area contributed by atoms with E-state index >= 15 is 0 Å². The summed E-state index contributed by atoms with van der Waals surface area (Å²) in [4.78, 5) is 23.7. The molecule has 2 aromatic rings. The van der Waals surface area contributed by atoms with Crippen LogP contribution in [-0.4, -0.2) is 39.1 Å². The molecule has 0 bridgehead atoms. The molecule has 2 rings (SSSR count). The van der Waals surface area contributed by atoms with Crippen molar-refractivity contribution in [2.45, 2.75) is 19.3 Å². The summed E-state index contributed by atoms with van der Waals surface area (Å²) in [6.07, 6.45) is 1.64. The Morgan fingerprint density at radius 3 is 2.52 bits per heavy atom. The van der Waals surface area contributed by atoms with Crippen molar-refractivity contribution in [3.63, 3.8) is 0 Å². The van der Waals surface area contributed by atoms with Gasteiger partial charge in [-0.3, -0.25) is 9.59 Å². The fourth-order valence-electron chi connectivity index (χ4n) is 2.46. The van der Waals surface area contributed by atoms with Crippen molar-refractivity contribution in [1.82, 2.24) is 10.6 Å². The minimum atomic E-state index is -0.102. The molecule has 0 aliphatic heterocycles. The van der Waals surface area contributed by atoms with Crippen LogP contribution in [0, 0.1) is 0 Å². The molecule has 8 heteroatoms. The first-order valence-corrected chi connectivity index (χ1v) is 10.3. The highest BCUT2D eigenvalue weighted by atomic mass is 79.9. The number of hydrogen-bond acceptors (Lipinski definition) is 5. The molecule has 0 spiro atoms. The Hall–Kier alpha value is -2.06. The summed E-state index contributed by atoms with van der Waals surface area (Å²) in [5, 5.41) is 9.37. The Morgan fingerprint density at radius 1 is 1.11 bits per heavy atom. The number of thiophene rings is 1. The van der Waals surface area contributed by atoms with Gasteiger partial charge < -0.3 is 20.1 Å². The van der Waals surface area contributed by atoms with Crippen molar-refractivity contribution < 1.29 is 19.1 Å². The summed E-state index contributed by atoms with van der Waals surface area (Å²) in [6.45, 7) is 0.998. The van der Waals surface area contributed by atoms with Crippen molar-refractivity contribution in [3.8, 4) is 11.5 Å². The normalized spacial score (nSPS) is 10.3. The van der Waals surface area contributed by atoms with Crippen molar-refractivity contribution >= 4 is 39.1 Å². The summed E-state index contributed by atoms with van der Waals surface area (Å²) in [5.41, 5.74) is 1.68. The average molecular weight is 455 g/mol. The van der Waals surface area contributed by atoms with Gasteiger partial charge in [0.2, 0.25) is 5.91 Å². The third kappa shape index (κ3) is 6.55. The number of benzene rings is 1. The number of nitrogens with one attached hydrogen (secondary N) is 2. The minimum Gasteiger partial charge on any atom is -0.493 e. The quantitative estimate of drug-likeness (QED) is 0.539. The first kappa shape index (κ1) is 21.2. The van der Waals surface area contributed by atoms with Crippen molar-refractivity contribution in [3.05, 3.63) is 44.6 Å². The lowest BCUT2D eigenvalue weighted by atomic mass is 10.1. The first-order valence-electron chi connectivity index (χ1n) is 8.52. The van der Waals surface area contributed by atoms with Gasteiger partial charge in [0.25, 0.3) is 5.91 Å². The monoisotopic (exact) mass is 454 g/mol. The number of carbonyl (C=O) groups excluding carboxylic acids is 2. The van der Waals surface area contributed by atoms with E-state index in [0.29, 0.717) is 49.4 Å². The average Bonchev–Trinajstić information content (AvgIpc) is 3.20. The second kappa shape index (κ2) is 10.9. The van der Waals surface area contributed by atoms with Gasteiger partial charge in [0.1, 0.15) is 0 Å². The third-order valence-electron chi connectivity index (χ3n) is 3.92. The number of hydrogen-bond donors (Lipinski definition) is 2. The van der Waals surface area contributed by atoms with E-state index in [1.54, 1.807) is 25.7 Å². The van der Waals surface area contributed by atoms with Crippen LogP contribution in [0.15, 0.2) is 33.4 Å². The second-order valence-electron chi connectivity index (χ2n) is 5.77. The van der Waals surface area contributed by atoms with Gasteiger partial charge in [-0.05, 0) is 42.0 Å². The molecule has 0 aliphatic carbocycles. The van der Waals surface area contributed by atoms with E-state index in [1.165, 1.54) is 11.3 Å². The Morgan fingerprint density at radius 2 is 1.85 bits per heavy atom. The molecule has 0 saturated heterocycles. The van der Waals surface area contributed by atoms with Gasteiger partial charge in [0.05, 0.1) is 14.2 Å². The summed E-state index contributed by atoms with van der Waals surface area (Å²) >= 11 is 4.99. The summed E-state index contributed by atoms with van der Waals surface area (Å²) in [5.74, 6) is 1.18. The van der Waals surface area contributed by atoms with E-state index in [1.807, 2.05) is 17.5 Å². The van der Waals surface area contributed by atoms with E-state index in [0.717, 1.165) is 10.0 Å². The number of amides is 2. The molecule has 0 radical (unpaired) electrons. The number of methoxy groups -OCH3 is 2. The zero-order chi connectivity index (χ0) is 19.6. The fourth-order valence-corrected chi connectivity index (χ4v) is 3.62. The van der Waals surface area contributed by atoms with Crippen LogP contribution in [0.1, 0.15) is 28.8 Å². The topological polar surface area (TPSA) is 76.7 Å². The lowest BCUT2D eigenvalue weighted by molar-refractivity contribution is -0.121. The zero-order valence-corrected chi connectivity index (χ0v) is 17.7. The number of rotatable bonds is 10. The van der Waals surface area contributed by atoms with Crippen LogP contribution in [0.5, 0.6) is 11.5 Å². The predicted molar refractivity (Wildman–Crippen MR) is 110 cm³/mol. The van der Waals surface area contributed by atoms with E-state index in [2.05, 4.69) is 26.6 Å². The Bertz CT molecular complexity index is 765. The van der Waals surface area contributed by atoms with Gasteiger partial charge in [0.15, 0.2) is 11.5 Å². The van der Waals surface area contributed by atoms with Crippen LogP contribution < -0.4 is 20.1 Å². The lowest BCUT2D eigenvalue weighted by Crippen LogP contribution is -2.28. The molecule has 0 fully saturated rings. The minimum absolute atomic E-state index is 0.0311. The highest BCUT2D eigenvalue weighted by Crippen LogP contribution is 2.33. The van der Waals surface area contributed by atoms with Gasteiger partial charge in [0, 0.05) is 34.9 Å². The molecule has 0 atom stereocenters. The highest BCUT2D eigenvalue weighted by molar-refractivity contribution is 9.10. The highest BCUT2D eigenvalue weighted by Gasteiger charge is 2.10. The van der Waals surface area contributed by atoms with E-state index in [4.69, 9.17) is 9.47 Å². The molecule has 2 amide bonds. The van der Waals surface area contributed by atoms with E-state index in [9.17, 15) is 9.59 Å². The molecular weight excluding hydrogens is 432 g/mol. The lowest BCUT2D eigenvalue weighted by Gasteiger charge is -2.12. The molecule has 1 aromatic heterocycles. The van der Waals surface area contributed by atoms with Gasteiger partial charge in [-0.25, -0.2) is 0 Å². The van der Waals surface area contributed by atoms with Gasteiger partial charge in [-0.2, -0.15) is 11.3 Å². The SMILES string of the molecule is COc1cc(Br)c(CCNC(=O)CCCNC(=O)c2ccsc2)cc1OC. The standard InChI is InChI=1S/C19H23BrN2O4S/c1-25-16-10-13(15(20)11-17(16)26-2)5-8-21-18(23)4-3-7-22-19(24)14-6-9-27-12-14/h6,9-12H,3-5,7-8H2,1-2H3,(H,21,23)(H,22,24). The maximum atomic E-state index is 11.9. The van der Waals surface area contributed by atoms with E-state index in [-0.39, 0.29) is 11.8 Å². The van der Waals surface area contributed by atoms with E-state index < -0.39 is 0 Å². The van der Waals surface area contributed by atoms with Gasteiger partial charge >= 0.3 is 0 Å².